The molecule has 0 aliphatic heterocycles. The molecule has 30 heavy (non-hydrogen) atoms. The van der Waals surface area contributed by atoms with Crippen molar-refractivity contribution in [2.45, 2.75) is 63.6 Å². The first-order valence-electron chi connectivity index (χ1n) is 11.4. The molecule has 2 aromatic rings. The van der Waals surface area contributed by atoms with Gasteiger partial charge in [0.2, 0.25) is 5.91 Å². The highest BCUT2D eigenvalue weighted by atomic mass is 32.2. The fraction of sp³-hybridized carbons (Fsp3) is 0.625. The van der Waals surface area contributed by atoms with Gasteiger partial charge in [0.25, 0.3) is 5.56 Å². The van der Waals surface area contributed by atoms with E-state index in [0.29, 0.717) is 33.8 Å². The average molecular weight is 426 g/mol. The lowest BCUT2D eigenvalue weighted by molar-refractivity contribution is -0.120. The van der Waals surface area contributed by atoms with Crippen LogP contribution in [0, 0.1) is 23.2 Å². The molecule has 1 aromatic carbocycles. The lowest BCUT2D eigenvalue weighted by Gasteiger charge is -2.56. The Morgan fingerprint density at radius 1 is 1.17 bits per heavy atom. The van der Waals surface area contributed by atoms with Crippen molar-refractivity contribution in [1.82, 2.24) is 14.9 Å². The zero-order chi connectivity index (χ0) is 20.7. The average Bonchev–Trinajstić information content (AvgIpc) is 2.72. The monoisotopic (exact) mass is 425 g/mol. The van der Waals surface area contributed by atoms with Gasteiger partial charge < -0.3 is 5.32 Å². The van der Waals surface area contributed by atoms with Crippen LogP contribution in [-0.2, 0) is 11.3 Å². The number of nitrogens with one attached hydrogen (secondary N) is 1. The topological polar surface area (TPSA) is 64.0 Å². The normalized spacial score (nSPS) is 29.4. The van der Waals surface area contributed by atoms with Crippen molar-refractivity contribution in [1.29, 1.82) is 0 Å². The first kappa shape index (κ1) is 20.1. The van der Waals surface area contributed by atoms with Crippen LogP contribution in [0.1, 0.15) is 51.9 Å². The molecule has 6 heteroatoms. The molecule has 0 radical (unpaired) electrons. The molecule has 1 amide bonds. The van der Waals surface area contributed by atoms with Gasteiger partial charge >= 0.3 is 0 Å². The van der Waals surface area contributed by atoms with Crippen LogP contribution in [0.3, 0.4) is 0 Å². The van der Waals surface area contributed by atoms with Gasteiger partial charge in [0.1, 0.15) is 0 Å². The molecular weight excluding hydrogens is 394 g/mol. The Morgan fingerprint density at radius 3 is 2.50 bits per heavy atom. The van der Waals surface area contributed by atoms with Gasteiger partial charge in [0.05, 0.1) is 16.7 Å². The number of aromatic nitrogens is 2. The molecule has 0 atom stereocenters. The van der Waals surface area contributed by atoms with Crippen LogP contribution in [0.5, 0.6) is 0 Å². The van der Waals surface area contributed by atoms with E-state index in [0.717, 1.165) is 30.7 Å². The van der Waals surface area contributed by atoms with Crippen LogP contribution in [0.4, 0.5) is 0 Å². The third-order valence-electron chi connectivity index (χ3n) is 7.43. The Balaban J connectivity index is 1.25. The molecule has 4 bridgehead atoms. The van der Waals surface area contributed by atoms with Crippen LogP contribution in [-0.4, -0.2) is 27.8 Å². The smallest absolute Gasteiger partial charge is 0.262 e. The van der Waals surface area contributed by atoms with Gasteiger partial charge in [-0.3, -0.25) is 14.2 Å². The number of thioether (sulfide) groups is 1. The highest BCUT2D eigenvalue weighted by molar-refractivity contribution is 7.99. The van der Waals surface area contributed by atoms with Gasteiger partial charge in [-0.15, -0.1) is 0 Å². The van der Waals surface area contributed by atoms with Gasteiger partial charge in [-0.25, -0.2) is 4.98 Å². The minimum atomic E-state index is -0.0149. The number of fused-ring (bicyclic) bond motifs is 1. The zero-order valence-corrected chi connectivity index (χ0v) is 18.5. The lowest BCUT2D eigenvalue weighted by Crippen LogP contribution is -2.51. The van der Waals surface area contributed by atoms with Crippen molar-refractivity contribution < 1.29 is 4.79 Å². The SMILES string of the molecule is CCCn1c(SCC(=O)NCC23CC4CC(CC(C4)C2)C3)nc2ccccc2c1=O. The number of hydrogen-bond acceptors (Lipinski definition) is 4. The van der Waals surface area contributed by atoms with Crippen molar-refractivity contribution in [3.05, 3.63) is 34.6 Å². The fourth-order valence-electron chi connectivity index (χ4n) is 6.65. The van der Waals surface area contributed by atoms with Crippen LogP contribution in [0.2, 0.25) is 0 Å². The summed E-state index contributed by atoms with van der Waals surface area (Å²) in [7, 11) is 0. The van der Waals surface area contributed by atoms with Gasteiger partial charge in [-0.2, -0.15) is 0 Å². The lowest BCUT2D eigenvalue weighted by atomic mass is 9.49. The molecule has 6 rings (SSSR count). The second-order valence-electron chi connectivity index (χ2n) is 9.85. The second-order valence-corrected chi connectivity index (χ2v) is 10.8. The van der Waals surface area contributed by atoms with E-state index >= 15 is 0 Å². The highest BCUT2D eigenvalue weighted by Gasteiger charge is 2.50. The summed E-state index contributed by atoms with van der Waals surface area (Å²) in [5.74, 6) is 3.05. The number of rotatable bonds is 7. The van der Waals surface area contributed by atoms with E-state index in [9.17, 15) is 9.59 Å². The predicted octanol–water partition coefficient (Wildman–Crippen LogP) is 4.23. The summed E-state index contributed by atoms with van der Waals surface area (Å²) in [5, 5.41) is 4.52. The van der Waals surface area contributed by atoms with Crippen molar-refractivity contribution in [2.75, 3.05) is 12.3 Å². The number of benzene rings is 1. The number of para-hydroxylation sites is 1. The minimum Gasteiger partial charge on any atom is -0.355 e. The van der Waals surface area contributed by atoms with E-state index in [1.165, 1.54) is 50.3 Å². The Labute approximate surface area is 182 Å². The maximum atomic E-state index is 12.9. The second kappa shape index (κ2) is 8.03. The van der Waals surface area contributed by atoms with Crippen molar-refractivity contribution >= 4 is 28.6 Å². The molecular formula is C24H31N3O2S. The number of nitrogens with zero attached hydrogens (tertiary/aromatic N) is 2. The largest absolute Gasteiger partial charge is 0.355 e. The molecule has 0 saturated heterocycles. The molecule has 1 heterocycles. The minimum absolute atomic E-state index is 0.0149. The standard InChI is InChI=1S/C24H31N3O2S/c1-2-7-27-22(29)19-5-3-4-6-20(19)26-23(27)30-14-21(28)25-15-24-11-16-8-17(12-24)10-18(9-16)13-24/h3-6,16-18H,2,7-15H2,1H3,(H,25,28). The summed E-state index contributed by atoms with van der Waals surface area (Å²) in [4.78, 5) is 30.2. The Hall–Kier alpha value is -1.82. The molecule has 4 fully saturated rings. The molecule has 4 saturated carbocycles. The molecule has 0 spiro atoms. The van der Waals surface area contributed by atoms with Crippen LogP contribution in [0.15, 0.2) is 34.2 Å². The van der Waals surface area contributed by atoms with E-state index in [1.807, 2.05) is 31.2 Å². The number of carbonyl (C=O) groups excluding carboxylic acids is 1. The maximum Gasteiger partial charge on any atom is 0.262 e. The van der Waals surface area contributed by atoms with Gasteiger partial charge in [-0.05, 0) is 80.2 Å². The molecule has 1 N–H and O–H groups in total. The Morgan fingerprint density at radius 2 is 1.83 bits per heavy atom. The van der Waals surface area contributed by atoms with Crippen molar-refractivity contribution in [3.63, 3.8) is 0 Å². The number of amides is 1. The molecule has 4 aliphatic rings. The summed E-state index contributed by atoms with van der Waals surface area (Å²) in [6.07, 6.45) is 9.02. The van der Waals surface area contributed by atoms with Crippen molar-refractivity contribution in [2.24, 2.45) is 23.2 Å². The molecule has 1 aromatic heterocycles. The van der Waals surface area contributed by atoms with Gasteiger partial charge in [-0.1, -0.05) is 30.8 Å². The van der Waals surface area contributed by atoms with E-state index in [1.54, 1.807) is 4.57 Å². The van der Waals surface area contributed by atoms with Gasteiger partial charge in [0.15, 0.2) is 5.16 Å². The van der Waals surface area contributed by atoms with Crippen LogP contribution >= 0.6 is 11.8 Å². The van der Waals surface area contributed by atoms with E-state index in [4.69, 9.17) is 0 Å². The third kappa shape index (κ3) is 3.79. The molecule has 0 unspecified atom stereocenters. The first-order valence-corrected chi connectivity index (χ1v) is 12.4. The third-order valence-corrected chi connectivity index (χ3v) is 8.41. The molecule has 160 valence electrons. The Bertz CT molecular complexity index is 980. The summed E-state index contributed by atoms with van der Waals surface area (Å²) in [6.45, 7) is 3.49. The summed E-state index contributed by atoms with van der Waals surface area (Å²) in [5.41, 5.74) is 1.03. The predicted molar refractivity (Wildman–Crippen MR) is 121 cm³/mol. The Kier molecular flexibility index (Phi) is 5.38. The quantitative estimate of drug-likeness (QED) is 0.533. The summed E-state index contributed by atoms with van der Waals surface area (Å²) < 4.78 is 1.72. The van der Waals surface area contributed by atoms with E-state index < -0.39 is 0 Å². The molecule has 5 nitrogen and oxygen atoms in total. The van der Waals surface area contributed by atoms with Crippen LogP contribution in [0.25, 0.3) is 10.9 Å². The fourth-order valence-corrected chi connectivity index (χ4v) is 7.51. The summed E-state index contributed by atoms with van der Waals surface area (Å²) in [6, 6.07) is 7.45. The maximum absolute atomic E-state index is 12.9. The van der Waals surface area contributed by atoms with Crippen LogP contribution < -0.4 is 10.9 Å². The first-order chi connectivity index (χ1) is 14.5. The number of carbonyl (C=O) groups is 1. The molecule has 4 aliphatic carbocycles. The van der Waals surface area contributed by atoms with Gasteiger partial charge in [0, 0.05) is 13.1 Å². The van der Waals surface area contributed by atoms with E-state index in [-0.39, 0.29) is 11.5 Å². The number of hydrogen-bond donors (Lipinski definition) is 1. The summed E-state index contributed by atoms with van der Waals surface area (Å²) >= 11 is 1.38. The van der Waals surface area contributed by atoms with Crippen molar-refractivity contribution in [3.8, 4) is 0 Å². The highest BCUT2D eigenvalue weighted by Crippen LogP contribution is 2.59. The van der Waals surface area contributed by atoms with E-state index in [2.05, 4.69) is 10.3 Å². The zero-order valence-electron chi connectivity index (χ0n) is 17.7.